The van der Waals surface area contributed by atoms with E-state index in [0.29, 0.717) is 29.5 Å². The molecule has 0 aromatic heterocycles. The lowest BCUT2D eigenvalue weighted by atomic mass is 10.1. The van der Waals surface area contributed by atoms with Crippen LogP contribution in [0.5, 0.6) is 0 Å². The molecule has 0 spiro atoms. The van der Waals surface area contributed by atoms with E-state index in [1.807, 2.05) is 19.1 Å². The van der Waals surface area contributed by atoms with Crippen molar-refractivity contribution in [3.05, 3.63) is 34.9 Å². The van der Waals surface area contributed by atoms with Crippen LogP contribution in [0.15, 0.2) is 24.3 Å². The minimum absolute atomic E-state index is 0.0203. The number of carbonyl (C=O) groups excluding carboxylic acids is 1. The highest BCUT2D eigenvalue weighted by Crippen LogP contribution is 2.12. The number of hydrogen-bond donors (Lipinski definition) is 1. The third-order valence-electron chi connectivity index (χ3n) is 2.44. The number of benzene rings is 1. The van der Waals surface area contributed by atoms with Crippen molar-refractivity contribution < 1.29 is 4.79 Å². The van der Waals surface area contributed by atoms with Crippen molar-refractivity contribution in [2.24, 2.45) is 5.73 Å². The fraction of sp³-hybridized carbons (Fsp3) is 0.385. The maximum absolute atomic E-state index is 12.1. The first-order valence-corrected chi connectivity index (χ1v) is 6.62. The molecule has 0 radical (unpaired) electrons. The zero-order valence-corrected chi connectivity index (χ0v) is 11.9. The molecule has 1 amide bonds. The van der Waals surface area contributed by atoms with Gasteiger partial charge in [0.25, 0.3) is 0 Å². The number of nitrogens with two attached hydrogens (primary N) is 1. The number of rotatable bonds is 6. The van der Waals surface area contributed by atoms with Crippen molar-refractivity contribution >= 4 is 34.7 Å². The monoisotopic (exact) mass is 284 g/mol. The molecule has 2 N–H and O–H groups in total. The molecule has 0 aliphatic rings. The Kier molecular flexibility index (Phi) is 6.09. The Labute approximate surface area is 118 Å². The van der Waals surface area contributed by atoms with Crippen molar-refractivity contribution in [3.63, 3.8) is 0 Å². The van der Waals surface area contributed by atoms with Crippen molar-refractivity contribution in [2.75, 3.05) is 13.1 Å². The van der Waals surface area contributed by atoms with Crippen LogP contribution in [0.2, 0.25) is 5.02 Å². The van der Waals surface area contributed by atoms with Gasteiger partial charge in [0.15, 0.2) is 0 Å². The average molecular weight is 285 g/mol. The first-order chi connectivity index (χ1) is 8.52. The molecule has 0 unspecified atom stereocenters. The second-order valence-electron chi connectivity index (χ2n) is 4.09. The number of hydrogen-bond acceptors (Lipinski definition) is 2. The molecule has 18 heavy (non-hydrogen) atoms. The van der Waals surface area contributed by atoms with E-state index in [-0.39, 0.29) is 5.91 Å². The number of thiocarbonyl (C=S) groups is 1. The molecule has 0 aliphatic heterocycles. The van der Waals surface area contributed by atoms with Gasteiger partial charge in [0.2, 0.25) is 5.91 Å². The summed E-state index contributed by atoms with van der Waals surface area (Å²) < 4.78 is 0. The molecular formula is C13H17ClN2OS. The summed E-state index contributed by atoms with van der Waals surface area (Å²) in [5, 5.41) is 0.636. The van der Waals surface area contributed by atoms with Crippen LogP contribution in [0.4, 0.5) is 0 Å². The van der Waals surface area contributed by atoms with E-state index in [1.54, 1.807) is 17.0 Å². The molecule has 0 saturated carbocycles. The smallest absolute Gasteiger partial charge is 0.227 e. The van der Waals surface area contributed by atoms with Crippen molar-refractivity contribution in [2.45, 2.75) is 19.8 Å². The van der Waals surface area contributed by atoms with E-state index in [2.05, 4.69) is 0 Å². The summed E-state index contributed by atoms with van der Waals surface area (Å²) >= 11 is 10.7. The summed E-state index contributed by atoms with van der Waals surface area (Å²) in [5.74, 6) is 0.0203. The van der Waals surface area contributed by atoms with Crippen LogP contribution in [0, 0.1) is 0 Å². The summed E-state index contributed by atoms with van der Waals surface area (Å²) in [6.45, 7) is 3.01. The van der Waals surface area contributed by atoms with Gasteiger partial charge in [-0.05, 0) is 24.1 Å². The maximum Gasteiger partial charge on any atom is 0.227 e. The van der Waals surface area contributed by atoms with Gasteiger partial charge in [0.05, 0.1) is 18.0 Å². The van der Waals surface area contributed by atoms with Gasteiger partial charge in [-0.3, -0.25) is 4.79 Å². The zero-order chi connectivity index (χ0) is 13.5. The van der Waals surface area contributed by atoms with E-state index in [0.717, 1.165) is 12.0 Å². The van der Waals surface area contributed by atoms with Crippen LogP contribution in [-0.2, 0) is 11.2 Å². The minimum atomic E-state index is 0.0203. The number of nitrogens with zero attached hydrogens (tertiary/aromatic N) is 1. The molecule has 3 nitrogen and oxygen atoms in total. The number of amides is 1. The van der Waals surface area contributed by atoms with Crippen molar-refractivity contribution in [1.29, 1.82) is 0 Å². The van der Waals surface area contributed by atoms with Gasteiger partial charge < -0.3 is 10.6 Å². The molecular weight excluding hydrogens is 268 g/mol. The molecule has 1 aromatic carbocycles. The molecule has 0 saturated heterocycles. The van der Waals surface area contributed by atoms with E-state index in [1.165, 1.54) is 0 Å². The van der Waals surface area contributed by atoms with Gasteiger partial charge in [-0.25, -0.2) is 0 Å². The Balaban J connectivity index is 2.69. The fourth-order valence-electron chi connectivity index (χ4n) is 1.68. The lowest BCUT2D eigenvalue weighted by Crippen LogP contribution is -2.39. The van der Waals surface area contributed by atoms with Crippen LogP contribution < -0.4 is 5.73 Å². The molecule has 0 aliphatic carbocycles. The van der Waals surface area contributed by atoms with Crippen LogP contribution in [0.1, 0.15) is 18.9 Å². The van der Waals surface area contributed by atoms with Gasteiger partial charge in [0, 0.05) is 11.6 Å². The lowest BCUT2D eigenvalue weighted by Gasteiger charge is -2.21. The number of halogens is 1. The van der Waals surface area contributed by atoms with Gasteiger partial charge in [-0.2, -0.15) is 0 Å². The Morgan fingerprint density at radius 1 is 1.50 bits per heavy atom. The van der Waals surface area contributed by atoms with Crippen LogP contribution in [0.25, 0.3) is 0 Å². The topological polar surface area (TPSA) is 46.3 Å². The van der Waals surface area contributed by atoms with Gasteiger partial charge in [-0.15, -0.1) is 0 Å². The molecule has 0 atom stereocenters. The fourth-order valence-corrected chi connectivity index (χ4v) is 2.05. The summed E-state index contributed by atoms with van der Waals surface area (Å²) in [4.78, 5) is 14.1. The summed E-state index contributed by atoms with van der Waals surface area (Å²) in [6, 6.07) is 7.30. The van der Waals surface area contributed by atoms with Crippen LogP contribution in [0.3, 0.4) is 0 Å². The predicted octanol–water partition coefficient (Wildman–Crippen LogP) is 2.41. The second-order valence-corrected chi connectivity index (χ2v) is 5.05. The third kappa shape index (κ3) is 5.02. The first-order valence-electron chi connectivity index (χ1n) is 5.83. The van der Waals surface area contributed by atoms with E-state index >= 15 is 0 Å². The van der Waals surface area contributed by atoms with Crippen molar-refractivity contribution in [1.82, 2.24) is 4.90 Å². The largest absolute Gasteiger partial charge is 0.392 e. The van der Waals surface area contributed by atoms with E-state index in [4.69, 9.17) is 29.6 Å². The third-order valence-corrected chi connectivity index (χ3v) is 2.80. The standard InChI is InChI=1S/C13H17ClN2OS/c1-2-6-16(9-12(15)18)13(17)8-10-4-3-5-11(14)7-10/h3-5,7H,2,6,8-9H2,1H3,(H2,15,18). The highest BCUT2D eigenvalue weighted by Gasteiger charge is 2.14. The Bertz CT molecular complexity index is 437. The molecule has 1 aromatic rings. The zero-order valence-electron chi connectivity index (χ0n) is 10.4. The van der Waals surface area contributed by atoms with Gasteiger partial charge >= 0.3 is 0 Å². The Morgan fingerprint density at radius 3 is 2.78 bits per heavy atom. The van der Waals surface area contributed by atoms with Crippen LogP contribution >= 0.6 is 23.8 Å². The molecule has 98 valence electrons. The normalized spacial score (nSPS) is 10.1. The molecule has 5 heteroatoms. The highest BCUT2D eigenvalue weighted by molar-refractivity contribution is 7.80. The average Bonchev–Trinajstić information content (AvgIpc) is 2.27. The first kappa shape index (κ1) is 14.9. The lowest BCUT2D eigenvalue weighted by molar-refractivity contribution is -0.129. The second kappa shape index (κ2) is 7.34. The molecule has 0 fully saturated rings. The van der Waals surface area contributed by atoms with E-state index < -0.39 is 0 Å². The van der Waals surface area contributed by atoms with Crippen LogP contribution in [-0.4, -0.2) is 28.9 Å². The number of carbonyl (C=O) groups is 1. The Hall–Kier alpha value is -1.13. The van der Waals surface area contributed by atoms with Gasteiger partial charge in [-0.1, -0.05) is 42.9 Å². The minimum Gasteiger partial charge on any atom is -0.392 e. The SMILES string of the molecule is CCCN(CC(N)=S)C(=O)Cc1cccc(Cl)c1. The Morgan fingerprint density at radius 2 is 2.22 bits per heavy atom. The quantitative estimate of drug-likeness (QED) is 0.816. The molecule has 0 bridgehead atoms. The van der Waals surface area contributed by atoms with E-state index in [9.17, 15) is 4.79 Å². The van der Waals surface area contributed by atoms with Crippen molar-refractivity contribution in [3.8, 4) is 0 Å². The summed E-state index contributed by atoms with van der Waals surface area (Å²) in [5.41, 5.74) is 6.39. The summed E-state index contributed by atoms with van der Waals surface area (Å²) in [7, 11) is 0. The molecule has 0 heterocycles. The summed E-state index contributed by atoms with van der Waals surface area (Å²) in [6.07, 6.45) is 1.20. The van der Waals surface area contributed by atoms with Gasteiger partial charge in [0.1, 0.15) is 0 Å². The highest BCUT2D eigenvalue weighted by atomic mass is 35.5. The maximum atomic E-state index is 12.1. The molecule has 1 rings (SSSR count). The predicted molar refractivity (Wildman–Crippen MR) is 78.8 cm³/mol.